The van der Waals surface area contributed by atoms with Crippen molar-refractivity contribution in [3.05, 3.63) is 52.7 Å². The molecule has 120 valence electrons. The average molecular weight is 327 g/mol. The van der Waals surface area contributed by atoms with Gasteiger partial charge >= 0.3 is 12.1 Å². The molecule has 0 bridgehead atoms. The number of nitrogens with zero attached hydrogens (tertiary/aromatic N) is 2. The van der Waals surface area contributed by atoms with Crippen molar-refractivity contribution in [2.75, 3.05) is 5.73 Å². The predicted octanol–water partition coefficient (Wildman–Crippen LogP) is 3.09. The molecule has 0 spiro atoms. The van der Waals surface area contributed by atoms with Crippen LogP contribution in [0.1, 0.15) is 27.4 Å². The minimum Gasteiger partial charge on any atom is -0.475 e. The lowest BCUT2D eigenvalue weighted by molar-refractivity contribution is -0.140. The van der Waals surface area contributed by atoms with Gasteiger partial charge in [0.15, 0.2) is 0 Å². The molecule has 3 N–H and O–H groups in total. The highest BCUT2D eigenvalue weighted by Gasteiger charge is 2.36. The van der Waals surface area contributed by atoms with E-state index >= 15 is 0 Å². The molecule has 0 fully saturated rings. The first-order chi connectivity index (χ1) is 10.7. The largest absolute Gasteiger partial charge is 0.475 e. The maximum atomic E-state index is 13.4. The summed E-state index contributed by atoms with van der Waals surface area (Å²) in [6.07, 6.45) is -2.81. The van der Waals surface area contributed by atoms with Gasteiger partial charge in [0.2, 0.25) is 5.82 Å². The Morgan fingerprint density at radius 2 is 1.91 bits per heavy atom. The standard InChI is InChI=1S/C14H9F4N3O2/c15-9-3-1-2-7(11(9)14(16,17)18)4-5-8-6-10(19)21-12(20-8)13(22)23/h1-6H,(H,22,23)(H2,19,20,21). The van der Waals surface area contributed by atoms with Gasteiger partial charge in [-0.1, -0.05) is 18.2 Å². The van der Waals surface area contributed by atoms with Crippen LogP contribution >= 0.6 is 0 Å². The van der Waals surface area contributed by atoms with Gasteiger partial charge in [0.1, 0.15) is 11.6 Å². The minimum absolute atomic E-state index is 0.0210. The maximum absolute atomic E-state index is 13.4. The number of rotatable bonds is 3. The van der Waals surface area contributed by atoms with Crippen LogP contribution in [0.25, 0.3) is 12.2 Å². The number of carboxylic acid groups (broad SMARTS) is 1. The summed E-state index contributed by atoms with van der Waals surface area (Å²) in [4.78, 5) is 17.9. The van der Waals surface area contributed by atoms with E-state index in [1.54, 1.807) is 0 Å². The van der Waals surface area contributed by atoms with Gasteiger partial charge in [-0.3, -0.25) is 0 Å². The van der Waals surface area contributed by atoms with Crippen LogP contribution < -0.4 is 5.73 Å². The van der Waals surface area contributed by atoms with Gasteiger partial charge in [-0.15, -0.1) is 0 Å². The highest BCUT2D eigenvalue weighted by atomic mass is 19.4. The number of nitrogens with two attached hydrogens (primary N) is 1. The number of hydrogen-bond donors (Lipinski definition) is 2. The second-order valence-corrected chi connectivity index (χ2v) is 4.38. The summed E-state index contributed by atoms with van der Waals surface area (Å²) in [5.74, 6) is -3.60. The van der Waals surface area contributed by atoms with E-state index in [2.05, 4.69) is 9.97 Å². The monoisotopic (exact) mass is 327 g/mol. The molecule has 0 aliphatic heterocycles. The number of halogens is 4. The third-order valence-electron chi connectivity index (χ3n) is 2.72. The van der Waals surface area contributed by atoms with Gasteiger partial charge in [-0.05, 0) is 17.7 Å². The van der Waals surface area contributed by atoms with E-state index in [9.17, 15) is 22.4 Å². The number of hydrogen-bond acceptors (Lipinski definition) is 4. The summed E-state index contributed by atoms with van der Waals surface area (Å²) in [5, 5.41) is 8.80. The first-order valence-corrected chi connectivity index (χ1v) is 6.10. The van der Waals surface area contributed by atoms with E-state index in [0.29, 0.717) is 6.07 Å². The van der Waals surface area contributed by atoms with Crippen molar-refractivity contribution >= 4 is 23.9 Å². The molecule has 23 heavy (non-hydrogen) atoms. The zero-order chi connectivity index (χ0) is 17.2. The molecular weight excluding hydrogens is 318 g/mol. The molecule has 0 saturated carbocycles. The molecule has 5 nitrogen and oxygen atoms in total. The van der Waals surface area contributed by atoms with Crippen LogP contribution in [0, 0.1) is 5.82 Å². The van der Waals surface area contributed by atoms with Crippen molar-refractivity contribution in [1.29, 1.82) is 0 Å². The normalized spacial score (nSPS) is 11.8. The van der Waals surface area contributed by atoms with Crippen molar-refractivity contribution < 1.29 is 27.5 Å². The topological polar surface area (TPSA) is 89.1 Å². The lowest BCUT2D eigenvalue weighted by Gasteiger charge is -2.11. The molecule has 0 radical (unpaired) electrons. The zero-order valence-corrected chi connectivity index (χ0v) is 11.3. The summed E-state index contributed by atoms with van der Waals surface area (Å²) in [7, 11) is 0. The quantitative estimate of drug-likeness (QED) is 0.846. The Balaban J connectivity index is 2.46. The van der Waals surface area contributed by atoms with E-state index in [0.717, 1.165) is 24.3 Å². The van der Waals surface area contributed by atoms with Gasteiger partial charge in [-0.25, -0.2) is 19.2 Å². The smallest absolute Gasteiger partial charge is 0.419 e. The van der Waals surface area contributed by atoms with Gasteiger partial charge < -0.3 is 10.8 Å². The van der Waals surface area contributed by atoms with Gasteiger partial charge in [0.25, 0.3) is 0 Å². The van der Waals surface area contributed by atoms with E-state index in [4.69, 9.17) is 10.8 Å². The van der Waals surface area contributed by atoms with Crippen LogP contribution in [-0.2, 0) is 6.18 Å². The Morgan fingerprint density at radius 3 is 2.52 bits per heavy atom. The highest BCUT2D eigenvalue weighted by molar-refractivity contribution is 5.84. The molecule has 1 aromatic carbocycles. The SMILES string of the molecule is Nc1cc(C=Cc2cccc(F)c2C(F)(F)F)nc(C(=O)O)n1. The summed E-state index contributed by atoms with van der Waals surface area (Å²) < 4.78 is 52.0. The molecule has 2 rings (SSSR count). The fourth-order valence-corrected chi connectivity index (χ4v) is 1.82. The number of carbonyl (C=O) groups is 1. The molecule has 0 atom stereocenters. The molecule has 9 heteroatoms. The summed E-state index contributed by atoms with van der Waals surface area (Å²) in [6, 6.07) is 4.08. The zero-order valence-electron chi connectivity index (χ0n) is 11.3. The van der Waals surface area contributed by atoms with Crippen LogP contribution in [-0.4, -0.2) is 21.0 Å². The molecule has 0 unspecified atom stereocenters. The molecule has 0 aliphatic carbocycles. The van der Waals surface area contributed by atoms with Gasteiger partial charge in [-0.2, -0.15) is 13.2 Å². The van der Waals surface area contributed by atoms with Crippen LogP contribution in [0.4, 0.5) is 23.4 Å². The number of anilines is 1. The molecule has 0 aliphatic rings. The third kappa shape index (κ3) is 3.82. The third-order valence-corrected chi connectivity index (χ3v) is 2.72. The first kappa shape index (κ1) is 16.4. The summed E-state index contributed by atoms with van der Waals surface area (Å²) in [5.41, 5.74) is 3.54. The summed E-state index contributed by atoms with van der Waals surface area (Å²) in [6.45, 7) is 0. The molecule has 2 aromatic rings. The predicted molar refractivity (Wildman–Crippen MR) is 73.7 cm³/mol. The molecule has 0 saturated heterocycles. The Labute approximate surface area is 127 Å². The fourth-order valence-electron chi connectivity index (χ4n) is 1.82. The van der Waals surface area contributed by atoms with Crippen molar-refractivity contribution in [2.24, 2.45) is 0 Å². The number of alkyl halides is 3. The van der Waals surface area contributed by atoms with E-state index in [1.807, 2.05) is 0 Å². The Hall–Kier alpha value is -2.97. The van der Waals surface area contributed by atoms with E-state index in [-0.39, 0.29) is 11.5 Å². The lowest BCUT2D eigenvalue weighted by Crippen LogP contribution is -2.10. The van der Waals surface area contributed by atoms with E-state index in [1.165, 1.54) is 6.07 Å². The van der Waals surface area contributed by atoms with Crippen LogP contribution in [0.3, 0.4) is 0 Å². The Kier molecular flexibility index (Phi) is 4.30. The van der Waals surface area contributed by atoms with Crippen molar-refractivity contribution in [3.8, 4) is 0 Å². The Morgan fingerprint density at radius 1 is 1.22 bits per heavy atom. The molecule has 1 heterocycles. The summed E-state index contributed by atoms with van der Waals surface area (Å²) >= 11 is 0. The lowest BCUT2D eigenvalue weighted by atomic mass is 10.1. The van der Waals surface area contributed by atoms with Crippen LogP contribution in [0.15, 0.2) is 24.3 Å². The second kappa shape index (κ2) is 6.03. The van der Waals surface area contributed by atoms with Crippen molar-refractivity contribution in [1.82, 2.24) is 9.97 Å². The first-order valence-electron chi connectivity index (χ1n) is 6.10. The molecule has 1 aromatic heterocycles. The van der Waals surface area contributed by atoms with Gasteiger partial charge in [0, 0.05) is 6.07 Å². The number of carboxylic acids is 1. The maximum Gasteiger partial charge on any atom is 0.419 e. The number of nitrogen functional groups attached to an aromatic ring is 1. The van der Waals surface area contributed by atoms with Gasteiger partial charge in [0.05, 0.1) is 11.3 Å². The molecule has 0 amide bonds. The minimum atomic E-state index is -4.87. The number of benzene rings is 1. The molecular formula is C14H9F4N3O2. The fraction of sp³-hybridized carbons (Fsp3) is 0.0714. The number of aromatic nitrogens is 2. The Bertz CT molecular complexity index is 788. The van der Waals surface area contributed by atoms with Crippen molar-refractivity contribution in [2.45, 2.75) is 6.18 Å². The van der Waals surface area contributed by atoms with E-state index < -0.39 is 34.9 Å². The van der Waals surface area contributed by atoms with Crippen LogP contribution in [0.5, 0.6) is 0 Å². The number of aromatic carboxylic acids is 1. The van der Waals surface area contributed by atoms with Crippen molar-refractivity contribution in [3.63, 3.8) is 0 Å². The second-order valence-electron chi connectivity index (χ2n) is 4.38. The highest BCUT2D eigenvalue weighted by Crippen LogP contribution is 2.34. The average Bonchev–Trinajstić information content (AvgIpc) is 2.43. The van der Waals surface area contributed by atoms with Crippen LogP contribution in [0.2, 0.25) is 0 Å².